The Morgan fingerprint density at radius 3 is 2.52 bits per heavy atom. The summed E-state index contributed by atoms with van der Waals surface area (Å²) in [6.45, 7) is 12.3. The van der Waals surface area contributed by atoms with Gasteiger partial charge in [0.1, 0.15) is 12.4 Å². The molecule has 0 aromatic heterocycles. The van der Waals surface area contributed by atoms with Crippen molar-refractivity contribution < 1.29 is 4.74 Å². The molecule has 0 N–H and O–H groups in total. The van der Waals surface area contributed by atoms with E-state index in [0.717, 1.165) is 11.7 Å². The fraction of sp³-hybridized carbons (Fsp3) is 0.500. The van der Waals surface area contributed by atoms with Crippen molar-refractivity contribution in [1.29, 1.82) is 0 Å². The van der Waals surface area contributed by atoms with Crippen molar-refractivity contribution in [1.82, 2.24) is 0 Å². The molecule has 154 valence electrons. The van der Waals surface area contributed by atoms with Crippen LogP contribution in [-0.4, -0.2) is 0 Å². The Kier molecular flexibility index (Phi) is 5.86. The van der Waals surface area contributed by atoms with Gasteiger partial charge in [-0.3, -0.25) is 0 Å². The van der Waals surface area contributed by atoms with Gasteiger partial charge in [0, 0.05) is 5.56 Å². The first-order valence-electron chi connectivity index (χ1n) is 11.4. The second-order valence-electron chi connectivity index (χ2n) is 9.72. The highest BCUT2D eigenvalue weighted by Crippen LogP contribution is 2.55. The summed E-state index contributed by atoms with van der Waals surface area (Å²) >= 11 is 0. The van der Waals surface area contributed by atoms with Crippen LogP contribution >= 0.6 is 0 Å². The van der Waals surface area contributed by atoms with E-state index in [9.17, 15) is 0 Å². The molecule has 0 saturated carbocycles. The van der Waals surface area contributed by atoms with Crippen molar-refractivity contribution in [3.05, 3.63) is 75.9 Å². The molecule has 2 aromatic carbocycles. The van der Waals surface area contributed by atoms with Gasteiger partial charge in [0.05, 0.1) is 0 Å². The third kappa shape index (κ3) is 4.02. The van der Waals surface area contributed by atoms with Crippen LogP contribution in [0.4, 0.5) is 0 Å². The molecule has 1 heteroatoms. The molecule has 0 fully saturated rings. The van der Waals surface area contributed by atoms with Crippen molar-refractivity contribution in [3.63, 3.8) is 0 Å². The summed E-state index contributed by atoms with van der Waals surface area (Å²) in [5.41, 5.74) is 8.95. The molecule has 2 aromatic rings. The summed E-state index contributed by atoms with van der Waals surface area (Å²) in [4.78, 5) is 0. The predicted octanol–water partition coefficient (Wildman–Crippen LogP) is 8.03. The van der Waals surface area contributed by atoms with Gasteiger partial charge in [0.2, 0.25) is 0 Å². The normalized spacial score (nSPS) is 25.3. The molecule has 0 radical (unpaired) electrons. The molecule has 29 heavy (non-hydrogen) atoms. The van der Waals surface area contributed by atoms with Crippen LogP contribution in [0.2, 0.25) is 0 Å². The number of hydrogen-bond donors (Lipinski definition) is 0. The van der Waals surface area contributed by atoms with Crippen LogP contribution in [-0.2, 0) is 6.61 Å². The smallest absolute Gasteiger partial charge is 0.123 e. The molecule has 4 rings (SSSR count). The third-order valence-electron chi connectivity index (χ3n) is 7.19. The standard InChI is InChI=1S/C28H36O/c1-18(2)11-13-23-15-20(4)24-14-12-19(3)27-25(16-21(5)26(23)28(24)27)29-17-22-9-7-6-8-10-22/h6-11,16,19-20,23-24H,12-15,17H2,1-5H3/t19-,20+,23-,24-/m1/s1. The lowest BCUT2D eigenvalue weighted by Crippen LogP contribution is -2.28. The Morgan fingerprint density at radius 2 is 1.79 bits per heavy atom. The highest BCUT2D eigenvalue weighted by molar-refractivity contribution is 5.56. The maximum atomic E-state index is 6.47. The van der Waals surface area contributed by atoms with Crippen LogP contribution < -0.4 is 4.74 Å². The zero-order valence-electron chi connectivity index (χ0n) is 18.8. The van der Waals surface area contributed by atoms with Gasteiger partial charge in [-0.15, -0.1) is 0 Å². The van der Waals surface area contributed by atoms with Gasteiger partial charge >= 0.3 is 0 Å². The monoisotopic (exact) mass is 388 g/mol. The maximum Gasteiger partial charge on any atom is 0.123 e. The number of aryl methyl sites for hydroxylation is 1. The molecule has 0 heterocycles. The molecule has 2 aliphatic rings. The number of rotatable bonds is 5. The Hall–Kier alpha value is -2.02. The van der Waals surface area contributed by atoms with E-state index in [1.807, 2.05) is 0 Å². The summed E-state index contributed by atoms with van der Waals surface area (Å²) in [5.74, 6) is 3.84. The van der Waals surface area contributed by atoms with Gasteiger partial charge in [-0.1, -0.05) is 55.8 Å². The van der Waals surface area contributed by atoms with Crippen molar-refractivity contribution >= 4 is 0 Å². The Morgan fingerprint density at radius 1 is 1.03 bits per heavy atom. The lowest BCUT2D eigenvalue weighted by Gasteiger charge is -2.43. The molecule has 1 nitrogen and oxygen atoms in total. The number of benzene rings is 2. The number of hydrogen-bond acceptors (Lipinski definition) is 1. The largest absolute Gasteiger partial charge is 0.489 e. The topological polar surface area (TPSA) is 9.23 Å². The van der Waals surface area contributed by atoms with Crippen molar-refractivity contribution in [3.8, 4) is 5.75 Å². The Balaban J connectivity index is 1.76. The van der Waals surface area contributed by atoms with Crippen LogP contribution in [0.1, 0.15) is 98.9 Å². The first-order valence-corrected chi connectivity index (χ1v) is 11.4. The fourth-order valence-corrected chi connectivity index (χ4v) is 5.76. The fourth-order valence-electron chi connectivity index (χ4n) is 5.76. The Labute approximate surface area is 177 Å². The van der Waals surface area contributed by atoms with E-state index in [2.05, 4.69) is 77.1 Å². The summed E-state index contributed by atoms with van der Waals surface area (Å²) in [7, 11) is 0. The summed E-state index contributed by atoms with van der Waals surface area (Å²) in [6, 6.07) is 12.9. The van der Waals surface area contributed by atoms with Crippen LogP contribution in [0.5, 0.6) is 5.75 Å². The van der Waals surface area contributed by atoms with Gasteiger partial charge < -0.3 is 4.74 Å². The van der Waals surface area contributed by atoms with E-state index in [1.165, 1.54) is 47.9 Å². The molecule has 0 spiro atoms. The van der Waals surface area contributed by atoms with Crippen LogP contribution in [0.25, 0.3) is 0 Å². The van der Waals surface area contributed by atoms with Crippen LogP contribution in [0.3, 0.4) is 0 Å². The molecular weight excluding hydrogens is 352 g/mol. The van der Waals surface area contributed by atoms with E-state index < -0.39 is 0 Å². The average Bonchev–Trinajstić information content (AvgIpc) is 2.70. The molecule has 0 aliphatic heterocycles. The van der Waals surface area contributed by atoms with Gasteiger partial charge in [0.25, 0.3) is 0 Å². The quantitative estimate of drug-likeness (QED) is 0.471. The third-order valence-corrected chi connectivity index (χ3v) is 7.19. The molecule has 2 aliphatic carbocycles. The first kappa shape index (κ1) is 20.3. The van der Waals surface area contributed by atoms with Crippen molar-refractivity contribution in [2.45, 2.75) is 84.7 Å². The zero-order valence-corrected chi connectivity index (χ0v) is 18.8. The number of ether oxygens (including phenoxy) is 1. The molecular formula is C28H36O. The highest BCUT2D eigenvalue weighted by Gasteiger charge is 2.39. The van der Waals surface area contributed by atoms with E-state index in [-0.39, 0.29) is 0 Å². The van der Waals surface area contributed by atoms with Gasteiger partial charge in [0.15, 0.2) is 0 Å². The minimum absolute atomic E-state index is 0.584. The van der Waals surface area contributed by atoms with Crippen molar-refractivity contribution in [2.24, 2.45) is 5.92 Å². The minimum Gasteiger partial charge on any atom is -0.489 e. The molecule has 4 atom stereocenters. The second kappa shape index (κ2) is 8.38. The minimum atomic E-state index is 0.584. The molecule has 0 amide bonds. The number of allylic oxidation sites excluding steroid dienone is 2. The maximum absolute atomic E-state index is 6.47. The first-order chi connectivity index (χ1) is 14.0. The Bertz CT molecular complexity index is 888. The average molecular weight is 389 g/mol. The van der Waals surface area contributed by atoms with Crippen LogP contribution in [0.15, 0.2) is 48.0 Å². The van der Waals surface area contributed by atoms with Crippen molar-refractivity contribution in [2.75, 3.05) is 0 Å². The van der Waals surface area contributed by atoms with Crippen LogP contribution in [0, 0.1) is 12.8 Å². The lowest BCUT2D eigenvalue weighted by molar-refractivity contribution is 0.282. The van der Waals surface area contributed by atoms with E-state index >= 15 is 0 Å². The van der Waals surface area contributed by atoms with E-state index in [4.69, 9.17) is 4.74 Å². The lowest BCUT2D eigenvalue weighted by atomic mass is 9.61. The molecule has 0 saturated heterocycles. The second-order valence-corrected chi connectivity index (χ2v) is 9.72. The predicted molar refractivity (Wildman–Crippen MR) is 123 cm³/mol. The SMILES string of the molecule is CC(C)=CC[C@@H]1C[C@H](C)[C@H]2CC[C@@H](C)c3c(OCc4ccccc4)cc(C)c1c32. The zero-order chi connectivity index (χ0) is 20.5. The summed E-state index contributed by atoms with van der Waals surface area (Å²) in [6.07, 6.45) is 7.55. The summed E-state index contributed by atoms with van der Waals surface area (Å²) < 4.78 is 6.47. The van der Waals surface area contributed by atoms with Gasteiger partial charge in [-0.25, -0.2) is 0 Å². The molecule has 0 bridgehead atoms. The van der Waals surface area contributed by atoms with Gasteiger partial charge in [-0.2, -0.15) is 0 Å². The highest BCUT2D eigenvalue weighted by atomic mass is 16.5. The summed E-state index contributed by atoms with van der Waals surface area (Å²) in [5, 5.41) is 0. The molecule has 0 unspecified atom stereocenters. The van der Waals surface area contributed by atoms with E-state index in [1.54, 1.807) is 11.1 Å². The van der Waals surface area contributed by atoms with E-state index in [0.29, 0.717) is 24.4 Å². The van der Waals surface area contributed by atoms with Gasteiger partial charge in [-0.05, 0) is 98.4 Å².